The Kier molecular flexibility index (Phi) is 5.14. The van der Waals surface area contributed by atoms with Gasteiger partial charge in [-0.25, -0.2) is 0 Å². The minimum absolute atomic E-state index is 0.0950. The number of amides is 2. The summed E-state index contributed by atoms with van der Waals surface area (Å²) in [6.07, 6.45) is 3.90. The first-order valence-electron chi connectivity index (χ1n) is 9.68. The van der Waals surface area contributed by atoms with Crippen LogP contribution in [0.4, 0.5) is 4.79 Å². The molecule has 144 valence electrons. The topological polar surface area (TPSA) is 77.8 Å². The Hall–Kier alpha value is -1.63. The highest BCUT2D eigenvalue weighted by molar-refractivity contribution is 8.18. The van der Waals surface area contributed by atoms with E-state index < -0.39 is 12.2 Å². The van der Waals surface area contributed by atoms with Gasteiger partial charge in [0, 0.05) is 6.54 Å². The molecule has 4 rings (SSSR count). The maximum Gasteiger partial charge on any atom is 0.293 e. The van der Waals surface area contributed by atoms with Crippen LogP contribution >= 0.6 is 11.8 Å². The van der Waals surface area contributed by atoms with E-state index in [0.29, 0.717) is 17.9 Å². The van der Waals surface area contributed by atoms with Gasteiger partial charge in [-0.15, -0.1) is 0 Å². The molecule has 0 radical (unpaired) electrons. The van der Waals surface area contributed by atoms with Crippen molar-refractivity contribution in [2.24, 2.45) is 17.8 Å². The van der Waals surface area contributed by atoms with E-state index in [1.165, 1.54) is 10.5 Å². The number of nitrogens with zero attached hydrogens (tertiary/aromatic N) is 1. The number of benzene rings is 1. The largest absolute Gasteiger partial charge is 0.390 e. The van der Waals surface area contributed by atoms with Crippen molar-refractivity contribution in [1.29, 1.82) is 0 Å². The molecule has 27 heavy (non-hydrogen) atoms. The van der Waals surface area contributed by atoms with Gasteiger partial charge in [0.2, 0.25) is 0 Å². The van der Waals surface area contributed by atoms with Crippen LogP contribution in [0.25, 0.3) is 6.08 Å². The standard InChI is InChI=1S/C21H25NO4S/c1-2-12-3-5-13(6-4-12)9-17-20(25)22(21(26)27-17)8-7-14-10-15-11-16(14)19(24)18(15)23/h3-6,9,14-16,18-19,23-24H,2,7-8,10-11H2,1H3/b17-9-/t14-,15+,16+,18-,19+/m0/s1. The number of carbonyl (C=O) groups is 2. The number of rotatable bonds is 5. The Balaban J connectivity index is 1.39. The lowest BCUT2D eigenvalue weighted by atomic mass is 9.83. The first kappa shape index (κ1) is 18.7. The third kappa shape index (κ3) is 3.46. The molecule has 0 unspecified atom stereocenters. The van der Waals surface area contributed by atoms with Crippen molar-refractivity contribution in [2.75, 3.05) is 6.54 Å². The molecule has 0 spiro atoms. The summed E-state index contributed by atoms with van der Waals surface area (Å²) >= 11 is 0.994. The number of carbonyl (C=O) groups excluding carboxylic acids is 2. The fourth-order valence-electron chi connectivity index (χ4n) is 4.75. The third-order valence-corrected chi connectivity index (χ3v) is 7.25. The van der Waals surface area contributed by atoms with E-state index in [2.05, 4.69) is 6.92 Å². The molecule has 6 heteroatoms. The number of hydrogen-bond donors (Lipinski definition) is 2. The maximum absolute atomic E-state index is 12.7. The van der Waals surface area contributed by atoms with Gasteiger partial charge >= 0.3 is 0 Å². The van der Waals surface area contributed by atoms with E-state index in [9.17, 15) is 19.8 Å². The lowest BCUT2D eigenvalue weighted by molar-refractivity contribution is -0.123. The Labute approximate surface area is 163 Å². The quantitative estimate of drug-likeness (QED) is 0.760. The highest BCUT2D eigenvalue weighted by Gasteiger charge is 2.51. The van der Waals surface area contributed by atoms with Gasteiger partial charge in [-0.2, -0.15) is 0 Å². The van der Waals surface area contributed by atoms with E-state index >= 15 is 0 Å². The molecule has 3 aliphatic rings. The van der Waals surface area contributed by atoms with Crippen LogP contribution in [0.2, 0.25) is 0 Å². The fraction of sp³-hybridized carbons (Fsp3) is 0.524. The summed E-state index contributed by atoms with van der Waals surface area (Å²) in [6, 6.07) is 8.00. The smallest absolute Gasteiger partial charge is 0.293 e. The third-order valence-electron chi connectivity index (χ3n) is 6.34. The highest BCUT2D eigenvalue weighted by atomic mass is 32.2. The minimum atomic E-state index is -0.658. The number of imide groups is 1. The van der Waals surface area contributed by atoms with Crippen molar-refractivity contribution in [2.45, 2.75) is 44.8 Å². The van der Waals surface area contributed by atoms with Crippen molar-refractivity contribution in [1.82, 2.24) is 4.90 Å². The SMILES string of the molecule is CCc1ccc(/C=C2\SC(=O)N(CC[C@H]3C[C@@H]4C[C@H]3[C@@H](O)[C@H]4O)C2=O)cc1. The van der Waals surface area contributed by atoms with Crippen LogP contribution in [-0.2, 0) is 11.2 Å². The Morgan fingerprint density at radius 1 is 1.15 bits per heavy atom. The lowest BCUT2D eigenvalue weighted by Gasteiger charge is -2.30. The van der Waals surface area contributed by atoms with Gasteiger partial charge in [0.05, 0.1) is 17.1 Å². The van der Waals surface area contributed by atoms with E-state index in [4.69, 9.17) is 0 Å². The van der Waals surface area contributed by atoms with Crippen LogP contribution in [0.15, 0.2) is 29.2 Å². The number of hydrogen-bond acceptors (Lipinski definition) is 5. The van der Waals surface area contributed by atoms with Gasteiger partial charge in [-0.1, -0.05) is 31.2 Å². The second kappa shape index (κ2) is 7.41. The molecule has 2 aliphatic carbocycles. The summed E-state index contributed by atoms with van der Waals surface area (Å²) in [4.78, 5) is 26.7. The van der Waals surface area contributed by atoms with Crippen LogP contribution in [0, 0.1) is 17.8 Å². The van der Waals surface area contributed by atoms with Gasteiger partial charge in [0.1, 0.15) is 0 Å². The van der Waals surface area contributed by atoms with Crippen LogP contribution in [0.1, 0.15) is 37.3 Å². The molecule has 5 nitrogen and oxygen atoms in total. The molecule has 2 saturated carbocycles. The lowest BCUT2D eigenvalue weighted by Crippen LogP contribution is -2.38. The number of aliphatic hydroxyl groups is 2. The molecule has 1 heterocycles. The first-order valence-corrected chi connectivity index (χ1v) is 10.5. The van der Waals surface area contributed by atoms with Crippen molar-refractivity contribution in [3.63, 3.8) is 0 Å². The van der Waals surface area contributed by atoms with Gasteiger partial charge in [0.25, 0.3) is 11.1 Å². The van der Waals surface area contributed by atoms with Gasteiger partial charge in [0.15, 0.2) is 0 Å². The predicted molar refractivity (Wildman–Crippen MR) is 105 cm³/mol. The zero-order valence-corrected chi connectivity index (χ0v) is 16.2. The van der Waals surface area contributed by atoms with Crippen LogP contribution in [-0.4, -0.2) is 45.0 Å². The van der Waals surface area contributed by atoms with E-state index in [1.54, 1.807) is 6.08 Å². The number of aryl methyl sites for hydroxylation is 1. The number of aliphatic hydroxyl groups excluding tert-OH is 2. The fourth-order valence-corrected chi connectivity index (χ4v) is 5.62. The van der Waals surface area contributed by atoms with E-state index in [0.717, 1.165) is 36.6 Å². The molecule has 1 aromatic rings. The first-order chi connectivity index (χ1) is 13.0. The summed E-state index contributed by atoms with van der Waals surface area (Å²) in [5.74, 6) is 0.301. The van der Waals surface area contributed by atoms with E-state index in [-0.39, 0.29) is 28.9 Å². The van der Waals surface area contributed by atoms with E-state index in [1.807, 2.05) is 24.3 Å². The minimum Gasteiger partial charge on any atom is -0.390 e. The van der Waals surface area contributed by atoms with Gasteiger partial charge in [-0.05, 0) is 72.4 Å². The molecule has 5 atom stereocenters. The van der Waals surface area contributed by atoms with Crippen LogP contribution in [0.3, 0.4) is 0 Å². The second-order valence-electron chi connectivity index (χ2n) is 7.85. The van der Waals surface area contributed by atoms with Gasteiger partial charge < -0.3 is 10.2 Å². The van der Waals surface area contributed by atoms with Crippen molar-refractivity contribution >= 4 is 29.0 Å². The molecule has 2 bridgehead atoms. The summed E-state index contributed by atoms with van der Waals surface area (Å²) in [5, 5.41) is 19.8. The summed E-state index contributed by atoms with van der Waals surface area (Å²) < 4.78 is 0. The molecule has 1 aromatic carbocycles. The normalized spacial score (nSPS) is 34.3. The average Bonchev–Trinajstić information content (AvgIpc) is 3.29. The zero-order chi connectivity index (χ0) is 19.1. The maximum atomic E-state index is 12.7. The summed E-state index contributed by atoms with van der Waals surface area (Å²) in [7, 11) is 0. The monoisotopic (exact) mass is 387 g/mol. The van der Waals surface area contributed by atoms with Crippen molar-refractivity contribution in [3.8, 4) is 0 Å². The number of thioether (sulfide) groups is 1. The highest BCUT2D eigenvalue weighted by Crippen LogP contribution is 2.50. The average molecular weight is 388 g/mol. The molecular formula is C21H25NO4S. The molecule has 1 saturated heterocycles. The van der Waals surface area contributed by atoms with Crippen LogP contribution < -0.4 is 0 Å². The summed E-state index contributed by atoms with van der Waals surface area (Å²) in [5.41, 5.74) is 2.15. The van der Waals surface area contributed by atoms with Gasteiger partial charge in [-0.3, -0.25) is 14.5 Å². The number of fused-ring (bicyclic) bond motifs is 2. The second-order valence-corrected chi connectivity index (χ2v) is 8.85. The van der Waals surface area contributed by atoms with Crippen LogP contribution in [0.5, 0.6) is 0 Å². The molecule has 0 aromatic heterocycles. The molecule has 2 amide bonds. The molecular weight excluding hydrogens is 362 g/mol. The zero-order valence-electron chi connectivity index (χ0n) is 15.4. The molecule has 2 N–H and O–H groups in total. The molecule has 3 fully saturated rings. The van der Waals surface area contributed by atoms with Crippen molar-refractivity contribution in [3.05, 3.63) is 40.3 Å². The Morgan fingerprint density at radius 2 is 1.89 bits per heavy atom. The Morgan fingerprint density at radius 3 is 2.52 bits per heavy atom. The van der Waals surface area contributed by atoms with Crippen molar-refractivity contribution < 1.29 is 19.8 Å². The molecule has 1 aliphatic heterocycles. The predicted octanol–water partition coefficient (Wildman–Crippen LogP) is 3.05. The summed E-state index contributed by atoms with van der Waals surface area (Å²) in [6.45, 7) is 2.48. The Bertz CT molecular complexity index is 773.